The lowest BCUT2D eigenvalue weighted by Crippen LogP contribution is -2.34. The Morgan fingerprint density at radius 2 is 2.29 bits per heavy atom. The van der Waals surface area contributed by atoms with Crippen LogP contribution in [0.4, 0.5) is 0 Å². The summed E-state index contributed by atoms with van der Waals surface area (Å²) in [5.74, 6) is 1.60. The number of benzene rings is 1. The van der Waals surface area contributed by atoms with E-state index in [2.05, 4.69) is 18.7 Å². The van der Waals surface area contributed by atoms with Gasteiger partial charge in [0, 0.05) is 18.2 Å². The highest BCUT2D eigenvalue weighted by Gasteiger charge is 2.26. The predicted molar refractivity (Wildman–Crippen MR) is 91.9 cm³/mol. The Bertz CT molecular complexity index is 476. The fourth-order valence-electron chi connectivity index (χ4n) is 3.08. The molecule has 2 rings (SSSR count). The van der Waals surface area contributed by atoms with Gasteiger partial charge in [0.05, 0.1) is 6.61 Å². The fourth-order valence-corrected chi connectivity index (χ4v) is 3.21. The van der Waals surface area contributed by atoms with E-state index in [4.69, 9.17) is 22.7 Å². The first-order valence-corrected chi connectivity index (χ1v) is 8.25. The number of hydrogen-bond donors (Lipinski definition) is 1. The normalized spacial score (nSPS) is 19.1. The van der Waals surface area contributed by atoms with Gasteiger partial charge in [0.1, 0.15) is 10.7 Å². The summed E-state index contributed by atoms with van der Waals surface area (Å²) in [6, 6.07) is 8.46. The lowest BCUT2D eigenvalue weighted by Gasteiger charge is -2.27. The molecule has 1 aliphatic rings. The molecule has 1 heterocycles. The molecule has 0 bridgehead atoms. The molecule has 3 nitrogen and oxygen atoms in total. The minimum atomic E-state index is 0.414. The highest BCUT2D eigenvalue weighted by molar-refractivity contribution is 7.80. The number of nitrogens with two attached hydrogens (primary N) is 1. The van der Waals surface area contributed by atoms with Gasteiger partial charge in [0.25, 0.3) is 0 Å². The van der Waals surface area contributed by atoms with Crippen molar-refractivity contribution in [2.24, 2.45) is 11.7 Å². The van der Waals surface area contributed by atoms with Crippen LogP contribution >= 0.6 is 12.2 Å². The Kier molecular flexibility index (Phi) is 6.00. The average molecular weight is 306 g/mol. The molecule has 21 heavy (non-hydrogen) atoms. The molecule has 1 unspecified atom stereocenters. The largest absolute Gasteiger partial charge is 0.494 e. The van der Waals surface area contributed by atoms with Gasteiger partial charge >= 0.3 is 0 Å². The second-order valence-electron chi connectivity index (χ2n) is 6.08. The Morgan fingerprint density at radius 3 is 3.00 bits per heavy atom. The third kappa shape index (κ3) is 4.68. The number of rotatable bonds is 7. The van der Waals surface area contributed by atoms with Gasteiger partial charge in [0.2, 0.25) is 0 Å². The molecule has 1 saturated heterocycles. The molecular weight excluding hydrogens is 280 g/mol. The molecule has 0 amide bonds. The summed E-state index contributed by atoms with van der Waals surface area (Å²) < 4.78 is 5.81. The first kappa shape index (κ1) is 16.2. The van der Waals surface area contributed by atoms with E-state index in [0.717, 1.165) is 42.8 Å². The first-order chi connectivity index (χ1) is 10.1. The zero-order valence-electron chi connectivity index (χ0n) is 13.0. The zero-order valence-corrected chi connectivity index (χ0v) is 13.9. The summed E-state index contributed by atoms with van der Waals surface area (Å²) in [5.41, 5.74) is 6.50. The van der Waals surface area contributed by atoms with Crippen LogP contribution in [0.1, 0.15) is 38.7 Å². The van der Waals surface area contributed by atoms with Gasteiger partial charge in [-0.15, -0.1) is 0 Å². The second-order valence-corrected chi connectivity index (χ2v) is 6.52. The van der Waals surface area contributed by atoms with E-state index < -0.39 is 0 Å². The Hall–Kier alpha value is -1.13. The Labute approximate surface area is 133 Å². The van der Waals surface area contributed by atoms with Crippen molar-refractivity contribution in [3.8, 4) is 5.75 Å². The summed E-state index contributed by atoms with van der Waals surface area (Å²) in [6.45, 7) is 7.74. The molecule has 116 valence electrons. The Morgan fingerprint density at radius 1 is 1.48 bits per heavy atom. The van der Waals surface area contributed by atoms with Crippen LogP contribution < -0.4 is 10.5 Å². The van der Waals surface area contributed by atoms with Crippen LogP contribution in [0, 0.1) is 5.92 Å². The van der Waals surface area contributed by atoms with Crippen LogP contribution in [0.3, 0.4) is 0 Å². The quantitative estimate of drug-likeness (QED) is 0.620. The van der Waals surface area contributed by atoms with Gasteiger partial charge in [-0.25, -0.2) is 0 Å². The molecule has 0 aliphatic carbocycles. The van der Waals surface area contributed by atoms with E-state index in [1.54, 1.807) is 0 Å². The maximum absolute atomic E-state index is 5.81. The average Bonchev–Trinajstić information content (AvgIpc) is 2.92. The van der Waals surface area contributed by atoms with E-state index in [-0.39, 0.29) is 0 Å². The maximum atomic E-state index is 5.81. The van der Waals surface area contributed by atoms with Crippen LogP contribution in [0.25, 0.3) is 0 Å². The molecule has 1 atom stereocenters. The molecule has 0 radical (unpaired) electrons. The van der Waals surface area contributed by atoms with Gasteiger partial charge in [-0.3, -0.25) is 0 Å². The van der Waals surface area contributed by atoms with Gasteiger partial charge in [-0.05, 0) is 43.9 Å². The van der Waals surface area contributed by atoms with Crippen molar-refractivity contribution in [2.75, 3.05) is 19.7 Å². The van der Waals surface area contributed by atoms with Crippen molar-refractivity contribution < 1.29 is 4.74 Å². The standard InChI is InChI=1S/C17H26N2OS/c1-13(2)16-8-4-9-19(16)10-5-11-20-15-7-3-6-14(12-15)17(18)21/h3,6-7,12-13,16H,4-5,8-11H2,1-2H3,(H2,18,21). The number of likely N-dealkylation sites (tertiary alicyclic amines) is 1. The summed E-state index contributed by atoms with van der Waals surface area (Å²) in [5, 5.41) is 0. The summed E-state index contributed by atoms with van der Waals surface area (Å²) in [4.78, 5) is 3.02. The molecule has 0 aromatic heterocycles. The van der Waals surface area contributed by atoms with E-state index >= 15 is 0 Å². The molecule has 0 saturated carbocycles. The monoisotopic (exact) mass is 306 g/mol. The van der Waals surface area contributed by atoms with Crippen molar-refractivity contribution in [3.05, 3.63) is 29.8 Å². The number of hydrogen-bond acceptors (Lipinski definition) is 3. The van der Waals surface area contributed by atoms with Crippen molar-refractivity contribution in [1.29, 1.82) is 0 Å². The molecular formula is C17H26N2OS. The molecule has 1 aromatic carbocycles. The molecule has 1 aliphatic heterocycles. The van der Waals surface area contributed by atoms with Gasteiger partial charge in [-0.1, -0.05) is 38.2 Å². The van der Waals surface area contributed by atoms with Crippen molar-refractivity contribution >= 4 is 17.2 Å². The van der Waals surface area contributed by atoms with Crippen LogP contribution in [-0.2, 0) is 0 Å². The van der Waals surface area contributed by atoms with Crippen molar-refractivity contribution in [3.63, 3.8) is 0 Å². The van der Waals surface area contributed by atoms with Crippen molar-refractivity contribution in [1.82, 2.24) is 4.90 Å². The zero-order chi connectivity index (χ0) is 15.2. The molecule has 0 spiro atoms. The summed E-state index contributed by atoms with van der Waals surface area (Å²) >= 11 is 4.98. The van der Waals surface area contributed by atoms with Gasteiger partial charge in [-0.2, -0.15) is 0 Å². The SMILES string of the molecule is CC(C)C1CCCN1CCCOc1cccc(C(N)=S)c1. The molecule has 4 heteroatoms. The minimum Gasteiger partial charge on any atom is -0.494 e. The fraction of sp³-hybridized carbons (Fsp3) is 0.588. The van der Waals surface area contributed by atoms with Crippen LogP contribution in [0.15, 0.2) is 24.3 Å². The van der Waals surface area contributed by atoms with E-state index in [0.29, 0.717) is 4.99 Å². The highest BCUT2D eigenvalue weighted by atomic mass is 32.1. The highest BCUT2D eigenvalue weighted by Crippen LogP contribution is 2.23. The predicted octanol–water partition coefficient (Wildman–Crippen LogP) is 3.21. The lowest BCUT2D eigenvalue weighted by molar-refractivity contribution is 0.188. The summed E-state index contributed by atoms with van der Waals surface area (Å²) in [6.07, 6.45) is 3.73. The number of thiocarbonyl (C=S) groups is 1. The van der Waals surface area contributed by atoms with E-state index in [1.807, 2.05) is 24.3 Å². The van der Waals surface area contributed by atoms with Gasteiger partial charge in [0.15, 0.2) is 0 Å². The molecule has 1 aromatic rings. The Balaban J connectivity index is 1.75. The smallest absolute Gasteiger partial charge is 0.119 e. The molecule has 2 N–H and O–H groups in total. The minimum absolute atomic E-state index is 0.414. The second kappa shape index (κ2) is 7.76. The third-order valence-corrected chi connectivity index (χ3v) is 4.40. The van der Waals surface area contributed by atoms with Crippen LogP contribution in [0.5, 0.6) is 5.75 Å². The third-order valence-electron chi connectivity index (χ3n) is 4.16. The topological polar surface area (TPSA) is 38.5 Å². The summed E-state index contributed by atoms with van der Waals surface area (Å²) in [7, 11) is 0. The van der Waals surface area contributed by atoms with Crippen LogP contribution in [-0.4, -0.2) is 35.6 Å². The van der Waals surface area contributed by atoms with Crippen molar-refractivity contribution in [2.45, 2.75) is 39.2 Å². The van der Waals surface area contributed by atoms with E-state index in [9.17, 15) is 0 Å². The molecule has 1 fully saturated rings. The lowest BCUT2D eigenvalue weighted by atomic mass is 10.0. The van der Waals surface area contributed by atoms with E-state index in [1.165, 1.54) is 19.4 Å². The first-order valence-electron chi connectivity index (χ1n) is 7.84. The number of ether oxygens (including phenoxy) is 1. The number of nitrogens with zero attached hydrogens (tertiary/aromatic N) is 1. The van der Waals surface area contributed by atoms with Gasteiger partial charge < -0.3 is 15.4 Å². The van der Waals surface area contributed by atoms with Crippen LogP contribution in [0.2, 0.25) is 0 Å². The maximum Gasteiger partial charge on any atom is 0.119 e.